The van der Waals surface area contributed by atoms with Crippen molar-refractivity contribution in [2.24, 2.45) is 0 Å². The van der Waals surface area contributed by atoms with E-state index in [4.69, 9.17) is 9.15 Å². The molecule has 0 saturated carbocycles. The second kappa shape index (κ2) is 5.10. The molecule has 23 heavy (non-hydrogen) atoms. The van der Waals surface area contributed by atoms with Gasteiger partial charge in [-0.2, -0.15) is 0 Å². The van der Waals surface area contributed by atoms with Crippen molar-refractivity contribution in [3.05, 3.63) is 53.2 Å². The lowest BCUT2D eigenvalue weighted by Gasteiger charge is -2.06. The number of benzene rings is 1. The van der Waals surface area contributed by atoms with E-state index in [1.165, 1.54) is 0 Å². The Kier molecular flexibility index (Phi) is 3.06. The number of ether oxygens (including phenoxy) is 1. The van der Waals surface area contributed by atoms with E-state index >= 15 is 0 Å². The fraction of sp³-hybridized carbons (Fsp3) is 0.0588. The number of aryl methyl sites for hydroxylation is 1. The van der Waals surface area contributed by atoms with Crippen molar-refractivity contribution in [1.29, 1.82) is 0 Å². The highest BCUT2D eigenvalue weighted by atomic mass is 32.1. The number of aromatic nitrogens is 1. The van der Waals surface area contributed by atoms with Crippen LogP contribution in [-0.2, 0) is 0 Å². The molecule has 0 saturated heterocycles. The number of pyridine rings is 1. The SMILES string of the molecule is Cc1oc2cc(Oc3ccnc4ccsc34)ccc2c1C(=O)O. The molecule has 0 amide bonds. The van der Waals surface area contributed by atoms with Gasteiger partial charge in [0.05, 0.1) is 10.2 Å². The van der Waals surface area contributed by atoms with E-state index in [0.29, 0.717) is 28.2 Å². The van der Waals surface area contributed by atoms with E-state index in [1.807, 2.05) is 11.4 Å². The van der Waals surface area contributed by atoms with Crippen LogP contribution in [0.15, 0.2) is 46.3 Å². The van der Waals surface area contributed by atoms with Crippen molar-refractivity contribution in [1.82, 2.24) is 4.98 Å². The zero-order valence-corrected chi connectivity index (χ0v) is 12.9. The Morgan fingerprint density at radius 1 is 1.30 bits per heavy atom. The lowest BCUT2D eigenvalue weighted by Crippen LogP contribution is -1.96. The first-order chi connectivity index (χ1) is 11.1. The predicted molar refractivity (Wildman–Crippen MR) is 87.6 cm³/mol. The van der Waals surface area contributed by atoms with Gasteiger partial charge in [-0.15, -0.1) is 11.3 Å². The number of rotatable bonds is 3. The van der Waals surface area contributed by atoms with Crippen LogP contribution in [0.25, 0.3) is 21.2 Å². The van der Waals surface area contributed by atoms with Crippen molar-refractivity contribution < 1.29 is 19.1 Å². The van der Waals surface area contributed by atoms with Crippen LogP contribution in [0.5, 0.6) is 11.5 Å². The van der Waals surface area contributed by atoms with Gasteiger partial charge in [-0.3, -0.25) is 4.98 Å². The zero-order valence-electron chi connectivity index (χ0n) is 12.1. The quantitative estimate of drug-likeness (QED) is 0.583. The average Bonchev–Trinajstić information content (AvgIpc) is 3.10. The molecule has 0 aliphatic heterocycles. The van der Waals surface area contributed by atoms with Crippen molar-refractivity contribution in [2.75, 3.05) is 0 Å². The molecule has 4 aromatic rings. The number of furan rings is 1. The van der Waals surface area contributed by atoms with Gasteiger partial charge in [0.2, 0.25) is 0 Å². The van der Waals surface area contributed by atoms with Gasteiger partial charge in [0, 0.05) is 23.7 Å². The van der Waals surface area contributed by atoms with Gasteiger partial charge in [0.15, 0.2) is 0 Å². The van der Waals surface area contributed by atoms with Gasteiger partial charge in [-0.1, -0.05) is 0 Å². The zero-order chi connectivity index (χ0) is 16.0. The molecular formula is C17H11NO4S. The van der Waals surface area contributed by atoms with Gasteiger partial charge >= 0.3 is 5.97 Å². The summed E-state index contributed by atoms with van der Waals surface area (Å²) in [4.78, 5) is 15.6. The van der Waals surface area contributed by atoms with Crippen LogP contribution in [0.1, 0.15) is 16.1 Å². The Hall–Kier alpha value is -2.86. The van der Waals surface area contributed by atoms with Gasteiger partial charge in [-0.05, 0) is 30.5 Å². The molecule has 1 aromatic carbocycles. The van der Waals surface area contributed by atoms with E-state index < -0.39 is 5.97 Å². The first kappa shape index (κ1) is 13.8. The summed E-state index contributed by atoms with van der Waals surface area (Å²) >= 11 is 1.56. The molecule has 0 radical (unpaired) electrons. The van der Waals surface area contributed by atoms with Crippen LogP contribution in [0.2, 0.25) is 0 Å². The van der Waals surface area contributed by atoms with E-state index in [1.54, 1.807) is 48.7 Å². The van der Waals surface area contributed by atoms with Crippen LogP contribution in [0.4, 0.5) is 0 Å². The Morgan fingerprint density at radius 2 is 2.17 bits per heavy atom. The summed E-state index contributed by atoms with van der Waals surface area (Å²) in [5.41, 5.74) is 1.57. The first-order valence-electron chi connectivity index (χ1n) is 6.90. The van der Waals surface area contributed by atoms with Crippen LogP contribution in [0.3, 0.4) is 0 Å². The lowest BCUT2D eigenvalue weighted by atomic mass is 10.1. The Morgan fingerprint density at radius 3 is 3.00 bits per heavy atom. The smallest absolute Gasteiger partial charge is 0.339 e. The molecule has 0 bridgehead atoms. The van der Waals surface area contributed by atoms with Crippen LogP contribution >= 0.6 is 11.3 Å². The van der Waals surface area contributed by atoms with Crippen LogP contribution in [-0.4, -0.2) is 16.1 Å². The van der Waals surface area contributed by atoms with E-state index in [9.17, 15) is 9.90 Å². The Labute approximate surface area is 134 Å². The molecule has 0 unspecified atom stereocenters. The van der Waals surface area contributed by atoms with Crippen LogP contribution < -0.4 is 4.74 Å². The maximum atomic E-state index is 11.3. The molecule has 3 aromatic heterocycles. The number of thiophene rings is 1. The Balaban J connectivity index is 1.78. The lowest BCUT2D eigenvalue weighted by molar-refractivity contribution is 0.0697. The number of hydrogen-bond acceptors (Lipinski definition) is 5. The molecule has 3 heterocycles. The molecule has 0 fully saturated rings. The van der Waals surface area contributed by atoms with Gasteiger partial charge in [0.25, 0.3) is 0 Å². The third-order valence-corrected chi connectivity index (χ3v) is 4.51. The highest BCUT2D eigenvalue weighted by Gasteiger charge is 2.18. The number of nitrogens with zero attached hydrogens (tertiary/aromatic N) is 1. The number of carboxylic acid groups (broad SMARTS) is 1. The predicted octanol–water partition coefficient (Wildman–Crippen LogP) is 4.84. The molecule has 114 valence electrons. The van der Waals surface area contributed by atoms with Crippen molar-refractivity contribution in [2.45, 2.75) is 6.92 Å². The van der Waals surface area contributed by atoms with Crippen molar-refractivity contribution in [3.8, 4) is 11.5 Å². The summed E-state index contributed by atoms with van der Waals surface area (Å²) in [7, 11) is 0. The molecule has 5 nitrogen and oxygen atoms in total. The fourth-order valence-electron chi connectivity index (χ4n) is 2.59. The summed E-state index contributed by atoms with van der Waals surface area (Å²) in [5.74, 6) is 0.689. The molecule has 1 N–H and O–H groups in total. The standard InChI is InChI=1S/C17H11NO4S/c1-9-15(17(19)20)11-3-2-10(8-14(11)21-9)22-13-4-6-18-12-5-7-23-16(12)13/h2-8H,1H3,(H,19,20). The summed E-state index contributed by atoms with van der Waals surface area (Å²) in [5, 5.41) is 11.8. The Bertz CT molecular complexity index is 1050. The van der Waals surface area contributed by atoms with Gasteiger partial charge in [-0.25, -0.2) is 4.79 Å². The summed E-state index contributed by atoms with van der Waals surface area (Å²) in [6, 6.07) is 8.89. The molecule has 0 aliphatic carbocycles. The van der Waals surface area contributed by atoms with Gasteiger partial charge in [0.1, 0.15) is 28.4 Å². The number of hydrogen-bond donors (Lipinski definition) is 1. The molecule has 0 atom stereocenters. The highest BCUT2D eigenvalue weighted by Crippen LogP contribution is 2.35. The molecule has 6 heteroatoms. The maximum Gasteiger partial charge on any atom is 0.339 e. The second-order valence-corrected chi connectivity index (χ2v) is 5.96. The van der Waals surface area contributed by atoms with Gasteiger partial charge < -0.3 is 14.3 Å². The first-order valence-corrected chi connectivity index (χ1v) is 7.78. The van der Waals surface area contributed by atoms with Crippen molar-refractivity contribution >= 4 is 38.5 Å². The molecule has 0 spiro atoms. The minimum atomic E-state index is -0.996. The number of carboxylic acids is 1. The van der Waals surface area contributed by atoms with E-state index in [-0.39, 0.29) is 5.56 Å². The fourth-order valence-corrected chi connectivity index (χ4v) is 3.39. The summed E-state index contributed by atoms with van der Waals surface area (Å²) in [6.07, 6.45) is 1.70. The monoisotopic (exact) mass is 325 g/mol. The minimum Gasteiger partial charge on any atom is -0.478 e. The minimum absolute atomic E-state index is 0.191. The number of aromatic carboxylic acids is 1. The average molecular weight is 325 g/mol. The van der Waals surface area contributed by atoms with E-state index in [2.05, 4.69) is 4.98 Å². The van der Waals surface area contributed by atoms with Crippen molar-refractivity contribution in [3.63, 3.8) is 0 Å². The molecule has 4 rings (SSSR count). The number of fused-ring (bicyclic) bond motifs is 2. The maximum absolute atomic E-state index is 11.3. The largest absolute Gasteiger partial charge is 0.478 e. The highest BCUT2D eigenvalue weighted by molar-refractivity contribution is 7.17. The second-order valence-electron chi connectivity index (χ2n) is 5.04. The molecule has 0 aliphatic rings. The third-order valence-electron chi connectivity index (χ3n) is 3.59. The third kappa shape index (κ3) is 2.24. The van der Waals surface area contributed by atoms with Crippen LogP contribution in [0, 0.1) is 6.92 Å². The number of carbonyl (C=O) groups is 1. The summed E-state index contributed by atoms with van der Waals surface area (Å²) in [6.45, 7) is 1.64. The molecular weight excluding hydrogens is 314 g/mol. The summed E-state index contributed by atoms with van der Waals surface area (Å²) < 4.78 is 12.4. The van der Waals surface area contributed by atoms with E-state index in [0.717, 1.165) is 10.2 Å². The normalized spacial score (nSPS) is 11.2. The topological polar surface area (TPSA) is 72.6 Å².